The van der Waals surface area contributed by atoms with Gasteiger partial charge in [0.25, 0.3) is 0 Å². The fraction of sp³-hybridized carbons (Fsp3) is 0.214. The first-order chi connectivity index (χ1) is 8.36. The maximum Gasteiger partial charge on any atom is 0.119 e. The van der Waals surface area contributed by atoms with E-state index in [1.807, 2.05) is 17.8 Å². The lowest BCUT2D eigenvalue weighted by molar-refractivity contribution is 0.414. The Labute approximate surface area is 117 Å². The molecule has 4 heteroatoms. The molecule has 0 saturated heterocycles. The standard InChI is InChI=1S/C14H13NOS.ClH/c1-16-12-4-5-14-10(6-12)2-3-11(14)7-13-8-15-9-17-13;/h4-9H,2-3H2,1H3;1H/b11-7-;. The first-order valence-electron chi connectivity index (χ1n) is 5.63. The number of hydrogen-bond acceptors (Lipinski definition) is 3. The molecule has 0 aliphatic heterocycles. The minimum absolute atomic E-state index is 0. The quantitative estimate of drug-likeness (QED) is 0.827. The van der Waals surface area contributed by atoms with Crippen molar-refractivity contribution in [1.29, 1.82) is 0 Å². The van der Waals surface area contributed by atoms with E-state index in [9.17, 15) is 0 Å². The zero-order chi connectivity index (χ0) is 11.7. The highest BCUT2D eigenvalue weighted by Gasteiger charge is 2.16. The van der Waals surface area contributed by atoms with Gasteiger partial charge >= 0.3 is 0 Å². The van der Waals surface area contributed by atoms with Crippen LogP contribution < -0.4 is 4.74 Å². The van der Waals surface area contributed by atoms with Crippen molar-refractivity contribution in [1.82, 2.24) is 4.98 Å². The Bertz CT molecular complexity index is 563. The molecule has 0 radical (unpaired) electrons. The van der Waals surface area contributed by atoms with Gasteiger partial charge in [0.2, 0.25) is 0 Å². The molecule has 2 nitrogen and oxygen atoms in total. The SMILES string of the molecule is COc1ccc2c(c1)CC/C2=C/c1cncs1.Cl. The van der Waals surface area contributed by atoms with Crippen LogP contribution in [0.2, 0.25) is 0 Å². The summed E-state index contributed by atoms with van der Waals surface area (Å²) in [6.07, 6.45) is 6.38. The van der Waals surface area contributed by atoms with Crippen molar-refractivity contribution in [2.45, 2.75) is 12.8 Å². The Kier molecular flexibility index (Phi) is 4.04. The molecule has 1 heterocycles. The summed E-state index contributed by atoms with van der Waals surface area (Å²) in [7, 11) is 1.71. The number of halogens is 1. The first kappa shape index (κ1) is 13.1. The van der Waals surface area contributed by atoms with Crippen molar-refractivity contribution in [2.75, 3.05) is 7.11 Å². The number of thiazole rings is 1. The van der Waals surface area contributed by atoms with Crippen molar-refractivity contribution < 1.29 is 4.74 Å². The van der Waals surface area contributed by atoms with Gasteiger partial charge in [-0.1, -0.05) is 6.07 Å². The molecule has 2 aromatic rings. The zero-order valence-corrected chi connectivity index (χ0v) is 11.7. The second kappa shape index (κ2) is 5.55. The average molecular weight is 280 g/mol. The second-order valence-corrected chi connectivity index (χ2v) is 5.01. The summed E-state index contributed by atoms with van der Waals surface area (Å²) in [5.41, 5.74) is 6.03. The molecule has 1 aliphatic rings. The van der Waals surface area contributed by atoms with Gasteiger partial charge in [-0.05, 0) is 47.8 Å². The smallest absolute Gasteiger partial charge is 0.119 e. The highest BCUT2D eigenvalue weighted by molar-refractivity contribution is 7.10. The van der Waals surface area contributed by atoms with Crippen LogP contribution in [-0.4, -0.2) is 12.1 Å². The number of fused-ring (bicyclic) bond motifs is 1. The number of nitrogens with zero attached hydrogens (tertiary/aromatic N) is 1. The summed E-state index contributed by atoms with van der Waals surface area (Å²) in [6.45, 7) is 0. The topological polar surface area (TPSA) is 22.1 Å². The van der Waals surface area contributed by atoms with Gasteiger partial charge in [-0.15, -0.1) is 23.7 Å². The number of ether oxygens (including phenoxy) is 1. The zero-order valence-electron chi connectivity index (χ0n) is 10.1. The maximum absolute atomic E-state index is 5.25. The summed E-state index contributed by atoms with van der Waals surface area (Å²) in [6, 6.07) is 6.33. The lowest BCUT2D eigenvalue weighted by atomic mass is 10.1. The van der Waals surface area contributed by atoms with Gasteiger partial charge in [-0.25, -0.2) is 0 Å². The number of aromatic nitrogens is 1. The molecule has 0 atom stereocenters. The van der Waals surface area contributed by atoms with Gasteiger partial charge in [-0.3, -0.25) is 4.98 Å². The molecule has 1 aromatic carbocycles. The minimum atomic E-state index is 0. The van der Waals surface area contributed by atoms with E-state index >= 15 is 0 Å². The summed E-state index contributed by atoms with van der Waals surface area (Å²) < 4.78 is 5.25. The van der Waals surface area contributed by atoms with E-state index in [2.05, 4.69) is 23.2 Å². The van der Waals surface area contributed by atoms with Crippen LogP contribution in [0.15, 0.2) is 29.9 Å². The van der Waals surface area contributed by atoms with E-state index in [0.29, 0.717) is 0 Å². The van der Waals surface area contributed by atoms with Crippen LogP contribution in [-0.2, 0) is 6.42 Å². The minimum Gasteiger partial charge on any atom is -0.497 e. The Morgan fingerprint density at radius 2 is 2.22 bits per heavy atom. The number of methoxy groups -OCH3 is 1. The van der Waals surface area contributed by atoms with E-state index < -0.39 is 0 Å². The van der Waals surface area contributed by atoms with Gasteiger partial charge in [0.1, 0.15) is 5.75 Å². The van der Waals surface area contributed by atoms with Crippen LogP contribution in [0.5, 0.6) is 5.75 Å². The molecule has 0 amide bonds. The lowest BCUT2D eigenvalue weighted by Crippen LogP contribution is -1.86. The number of hydrogen-bond donors (Lipinski definition) is 0. The van der Waals surface area contributed by atoms with Crippen molar-refractivity contribution in [3.63, 3.8) is 0 Å². The first-order valence-corrected chi connectivity index (χ1v) is 6.51. The van der Waals surface area contributed by atoms with Crippen LogP contribution in [0, 0.1) is 0 Å². The highest BCUT2D eigenvalue weighted by atomic mass is 35.5. The third-order valence-electron chi connectivity index (χ3n) is 3.09. The predicted molar refractivity (Wildman–Crippen MR) is 78.5 cm³/mol. The molecule has 0 fully saturated rings. The molecule has 18 heavy (non-hydrogen) atoms. The summed E-state index contributed by atoms with van der Waals surface area (Å²) in [4.78, 5) is 5.33. The van der Waals surface area contributed by atoms with Crippen molar-refractivity contribution in [2.24, 2.45) is 0 Å². The van der Waals surface area contributed by atoms with Gasteiger partial charge in [0.15, 0.2) is 0 Å². The molecule has 1 aromatic heterocycles. The largest absolute Gasteiger partial charge is 0.497 e. The van der Waals surface area contributed by atoms with E-state index in [4.69, 9.17) is 4.74 Å². The second-order valence-electron chi connectivity index (χ2n) is 4.10. The summed E-state index contributed by atoms with van der Waals surface area (Å²) >= 11 is 1.68. The maximum atomic E-state index is 5.25. The van der Waals surface area contributed by atoms with Gasteiger partial charge in [0.05, 0.1) is 12.6 Å². The summed E-state index contributed by atoms with van der Waals surface area (Å²) in [5.74, 6) is 0.947. The number of rotatable bonds is 2. The number of allylic oxidation sites excluding steroid dienone is 1. The Hall–Kier alpha value is -1.32. The molecule has 3 rings (SSSR count). The molecule has 0 saturated carbocycles. The molecule has 0 N–H and O–H groups in total. The lowest BCUT2D eigenvalue weighted by Gasteiger charge is -2.04. The highest BCUT2D eigenvalue weighted by Crippen LogP contribution is 2.35. The number of benzene rings is 1. The van der Waals surface area contributed by atoms with Gasteiger partial charge < -0.3 is 4.74 Å². The number of aryl methyl sites for hydroxylation is 1. The Morgan fingerprint density at radius 3 is 2.94 bits per heavy atom. The third kappa shape index (κ3) is 2.42. The average Bonchev–Trinajstić information content (AvgIpc) is 2.99. The van der Waals surface area contributed by atoms with Crippen molar-refractivity contribution in [3.8, 4) is 5.75 Å². The van der Waals surface area contributed by atoms with Crippen LogP contribution in [0.25, 0.3) is 11.6 Å². The molecular formula is C14H14ClNOS. The predicted octanol–water partition coefficient (Wildman–Crippen LogP) is 4.06. The fourth-order valence-electron chi connectivity index (χ4n) is 2.24. The molecule has 94 valence electrons. The van der Waals surface area contributed by atoms with E-state index in [1.165, 1.54) is 21.6 Å². The van der Waals surface area contributed by atoms with E-state index in [-0.39, 0.29) is 12.4 Å². The summed E-state index contributed by atoms with van der Waals surface area (Å²) in [5, 5.41) is 0. The molecule has 0 unspecified atom stereocenters. The monoisotopic (exact) mass is 279 g/mol. The molecule has 0 spiro atoms. The van der Waals surface area contributed by atoms with Crippen LogP contribution in [0.4, 0.5) is 0 Å². The molecule has 1 aliphatic carbocycles. The van der Waals surface area contributed by atoms with E-state index in [1.54, 1.807) is 18.4 Å². The van der Waals surface area contributed by atoms with Gasteiger partial charge in [-0.2, -0.15) is 0 Å². The normalized spacial score (nSPS) is 15.3. The van der Waals surface area contributed by atoms with Crippen molar-refractivity contribution >= 4 is 35.4 Å². The Morgan fingerprint density at radius 1 is 1.33 bits per heavy atom. The van der Waals surface area contributed by atoms with Crippen LogP contribution in [0.3, 0.4) is 0 Å². The van der Waals surface area contributed by atoms with E-state index in [0.717, 1.165) is 18.6 Å². The fourth-order valence-corrected chi connectivity index (χ4v) is 2.82. The third-order valence-corrected chi connectivity index (χ3v) is 3.81. The van der Waals surface area contributed by atoms with Gasteiger partial charge in [0, 0.05) is 11.1 Å². The Balaban J connectivity index is 0.00000120. The molecular weight excluding hydrogens is 266 g/mol. The van der Waals surface area contributed by atoms with Crippen LogP contribution in [0.1, 0.15) is 22.4 Å². The molecule has 0 bridgehead atoms. The van der Waals surface area contributed by atoms with Crippen molar-refractivity contribution in [3.05, 3.63) is 45.9 Å². The van der Waals surface area contributed by atoms with Crippen LogP contribution >= 0.6 is 23.7 Å².